The van der Waals surface area contributed by atoms with Gasteiger partial charge in [-0.3, -0.25) is 4.79 Å². The summed E-state index contributed by atoms with van der Waals surface area (Å²) in [6.45, 7) is 5.78. The number of amides is 2. The topological polar surface area (TPSA) is 59.1 Å². The van der Waals surface area contributed by atoms with Crippen LogP contribution in [0.4, 0.5) is 4.79 Å². The predicted octanol–water partition coefficient (Wildman–Crippen LogP) is 3.43. The molecule has 0 bridgehead atoms. The van der Waals surface area contributed by atoms with Crippen LogP contribution in [0.25, 0.3) is 0 Å². The maximum Gasteiger partial charge on any atom is 0.415 e. The van der Waals surface area contributed by atoms with Gasteiger partial charge in [0.15, 0.2) is 0 Å². The Bertz CT molecular complexity index is 767. The van der Waals surface area contributed by atoms with Crippen LogP contribution in [-0.4, -0.2) is 54.1 Å². The Morgan fingerprint density at radius 1 is 0.815 bits per heavy atom. The van der Waals surface area contributed by atoms with E-state index >= 15 is 0 Å². The van der Waals surface area contributed by atoms with Gasteiger partial charge in [-0.1, -0.05) is 18.2 Å². The number of hydrogen-bond donors (Lipinski definition) is 0. The van der Waals surface area contributed by atoms with E-state index in [4.69, 9.17) is 9.47 Å². The second kappa shape index (κ2) is 8.58. The van der Waals surface area contributed by atoms with E-state index in [1.165, 1.54) is 0 Å². The van der Waals surface area contributed by atoms with Gasteiger partial charge in [-0.15, -0.1) is 0 Å². The second-order valence-electron chi connectivity index (χ2n) is 6.65. The zero-order valence-corrected chi connectivity index (χ0v) is 15.6. The molecule has 0 radical (unpaired) electrons. The second-order valence-corrected chi connectivity index (χ2v) is 6.65. The number of piperazine rings is 1. The summed E-state index contributed by atoms with van der Waals surface area (Å²) in [7, 11) is 0. The number of ether oxygens (including phenoxy) is 2. The van der Waals surface area contributed by atoms with Gasteiger partial charge in [0.2, 0.25) is 0 Å². The van der Waals surface area contributed by atoms with Crippen molar-refractivity contribution in [3.05, 3.63) is 60.2 Å². The molecule has 2 amide bonds. The zero-order valence-electron chi connectivity index (χ0n) is 15.6. The van der Waals surface area contributed by atoms with E-state index < -0.39 is 0 Å². The third-order valence-electron chi connectivity index (χ3n) is 4.25. The molecule has 6 heteroatoms. The molecule has 1 aliphatic rings. The average molecular weight is 368 g/mol. The van der Waals surface area contributed by atoms with Crippen molar-refractivity contribution in [1.29, 1.82) is 0 Å². The van der Waals surface area contributed by atoms with Crippen LogP contribution in [0.1, 0.15) is 24.2 Å². The first-order chi connectivity index (χ1) is 13.0. The van der Waals surface area contributed by atoms with Crippen molar-refractivity contribution < 1.29 is 19.1 Å². The van der Waals surface area contributed by atoms with Crippen molar-refractivity contribution in [3.63, 3.8) is 0 Å². The fourth-order valence-corrected chi connectivity index (χ4v) is 2.88. The summed E-state index contributed by atoms with van der Waals surface area (Å²) in [5.74, 6) is 1.22. The average Bonchev–Trinajstić information content (AvgIpc) is 2.68. The molecule has 1 aliphatic heterocycles. The quantitative estimate of drug-likeness (QED) is 0.830. The zero-order chi connectivity index (χ0) is 19.2. The van der Waals surface area contributed by atoms with Crippen molar-refractivity contribution >= 4 is 12.0 Å². The minimum Gasteiger partial charge on any atom is -0.491 e. The first-order valence-electron chi connectivity index (χ1n) is 9.11. The fourth-order valence-electron chi connectivity index (χ4n) is 2.88. The van der Waals surface area contributed by atoms with Crippen LogP contribution >= 0.6 is 0 Å². The number of carbonyl (C=O) groups excluding carboxylic acids is 2. The highest BCUT2D eigenvalue weighted by molar-refractivity contribution is 5.94. The van der Waals surface area contributed by atoms with Gasteiger partial charge in [0.25, 0.3) is 5.91 Å². The van der Waals surface area contributed by atoms with Gasteiger partial charge >= 0.3 is 6.09 Å². The Labute approximate surface area is 159 Å². The molecule has 0 unspecified atom stereocenters. The Morgan fingerprint density at radius 2 is 1.41 bits per heavy atom. The van der Waals surface area contributed by atoms with Crippen molar-refractivity contribution in [3.8, 4) is 11.5 Å². The van der Waals surface area contributed by atoms with Crippen molar-refractivity contribution in [1.82, 2.24) is 9.80 Å². The molecule has 0 N–H and O–H groups in total. The summed E-state index contributed by atoms with van der Waals surface area (Å²) >= 11 is 0. The normalized spacial score (nSPS) is 14.2. The van der Waals surface area contributed by atoms with Crippen molar-refractivity contribution in [2.24, 2.45) is 0 Å². The number of para-hydroxylation sites is 1. The summed E-state index contributed by atoms with van der Waals surface area (Å²) in [6, 6.07) is 16.1. The third kappa shape index (κ3) is 5.00. The standard InChI is InChI=1S/C21H24N2O4/c1-16(2)26-19-10-8-17(9-11-19)20(24)22-12-14-23(15-13-22)21(25)27-18-6-4-3-5-7-18/h3-11,16H,12-15H2,1-2H3. The molecule has 3 rings (SSSR count). The smallest absolute Gasteiger partial charge is 0.415 e. The Hall–Kier alpha value is -3.02. The van der Waals surface area contributed by atoms with E-state index in [1.54, 1.807) is 46.2 Å². The lowest BCUT2D eigenvalue weighted by Crippen LogP contribution is -2.51. The van der Waals surface area contributed by atoms with Gasteiger partial charge in [-0.2, -0.15) is 0 Å². The molecule has 0 aliphatic carbocycles. The van der Waals surface area contributed by atoms with Crippen LogP contribution in [0.2, 0.25) is 0 Å². The summed E-state index contributed by atoms with van der Waals surface area (Å²) in [5, 5.41) is 0. The van der Waals surface area contributed by atoms with Gasteiger partial charge in [0.05, 0.1) is 6.10 Å². The third-order valence-corrected chi connectivity index (χ3v) is 4.25. The monoisotopic (exact) mass is 368 g/mol. The van der Waals surface area contributed by atoms with Crippen molar-refractivity contribution in [2.45, 2.75) is 20.0 Å². The molecule has 0 aromatic heterocycles. The Balaban J connectivity index is 1.52. The lowest BCUT2D eigenvalue weighted by molar-refractivity contribution is 0.0633. The van der Waals surface area contributed by atoms with Gasteiger partial charge in [0, 0.05) is 31.7 Å². The lowest BCUT2D eigenvalue weighted by Gasteiger charge is -2.34. The summed E-state index contributed by atoms with van der Waals surface area (Å²) < 4.78 is 10.9. The maximum absolute atomic E-state index is 12.7. The van der Waals surface area contributed by atoms with Gasteiger partial charge < -0.3 is 19.3 Å². The summed E-state index contributed by atoms with van der Waals surface area (Å²) in [6.07, 6.45) is -0.293. The Kier molecular flexibility index (Phi) is 5.96. The molecule has 2 aromatic rings. The SMILES string of the molecule is CC(C)Oc1ccc(C(=O)N2CCN(C(=O)Oc3ccccc3)CC2)cc1. The maximum atomic E-state index is 12.7. The molecule has 1 heterocycles. The van der Waals surface area contributed by atoms with E-state index in [9.17, 15) is 9.59 Å². The summed E-state index contributed by atoms with van der Waals surface area (Å²) in [4.78, 5) is 28.3. The molecular weight excluding hydrogens is 344 g/mol. The highest BCUT2D eigenvalue weighted by Gasteiger charge is 2.26. The molecule has 2 aromatic carbocycles. The molecule has 6 nitrogen and oxygen atoms in total. The van der Waals surface area contributed by atoms with Gasteiger partial charge in [-0.25, -0.2) is 4.79 Å². The minimum atomic E-state index is -0.386. The van der Waals surface area contributed by atoms with Crippen molar-refractivity contribution in [2.75, 3.05) is 26.2 Å². The molecule has 0 atom stereocenters. The number of hydrogen-bond acceptors (Lipinski definition) is 4. The molecule has 1 saturated heterocycles. The highest BCUT2D eigenvalue weighted by Crippen LogP contribution is 2.17. The summed E-state index contributed by atoms with van der Waals surface area (Å²) in [5.41, 5.74) is 0.617. The van der Waals surface area contributed by atoms with Crippen LogP contribution in [0.5, 0.6) is 11.5 Å². The van der Waals surface area contributed by atoms with Crippen LogP contribution in [0.3, 0.4) is 0 Å². The van der Waals surface area contributed by atoms with E-state index in [-0.39, 0.29) is 18.1 Å². The molecule has 142 valence electrons. The molecule has 0 spiro atoms. The molecule has 27 heavy (non-hydrogen) atoms. The Morgan fingerprint density at radius 3 is 2.00 bits per heavy atom. The van der Waals surface area contributed by atoms with Crippen LogP contribution in [0.15, 0.2) is 54.6 Å². The van der Waals surface area contributed by atoms with E-state index in [2.05, 4.69) is 0 Å². The van der Waals surface area contributed by atoms with Crippen LogP contribution in [0, 0.1) is 0 Å². The van der Waals surface area contributed by atoms with Crippen LogP contribution in [-0.2, 0) is 0 Å². The fraction of sp³-hybridized carbons (Fsp3) is 0.333. The largest absolute Gasteiger partial charge is 0.491 e. The van der Waals surface area contributed by atoms with E-state index in [1.807, 2.05) is 32.0 Å². The number of rotatable bonds is 4. The molecular formula is C21H24N2O4. The number of benzene rings is 2. The van der Waals surface area contributed by atoms with Gasteiger partial charge in [0.1, 0.15) is 11.5 Å². The first-order valence-corrected chi connectivity index (χ1v) is 9.11. The molecule has 0 saturated carbocycles. The van der Waals surface area contributed by atoms with E-state index in [0.717, 1.165) is 5.75 Å². The lowest BCUT2D eigenvalue weighted by atomic mass is 10.1. The predicted molar refractivity (Wildman–Crippen MR) is 102 cm³/mol. The highest BCUT2D eigenvalue weighted by atomic mass is 16.6. The van der Waals surface area contributed by atoms with Gasteiger partial charge in [-0.05, 0) is 50.2 Å². The number of carbonyl (C=O) groups is 2. The minimum absolute atomic E-state index is 0.0397. The first kappa shape index (κ1) is 18.8. The molecule has 1 fully saturated rings. The van der Waals surface area contributed by atoms with Crippen LogP contribution < -0.4 is 9.47 Å². The van der Waals surface area contributed by atoms with E-state index in [0.29, 0.717) is 37.5 Å². The number of nitrogens with zero attached hydrogens (tertiary/aromatic N) is 2.